The second-order valence-electron chi connectivity index (χ2n) is 2.87. The minimum atomic E-state index is -1.04. The number of carbonyl (C=O) groups is 1. The summed E-state index contributed by atoms with van der Waals surface area (Å²) in [5.41, 5.74) is 4.47. The van der Waals surface area contributed by atoms with Crippen LogP contribution in [0, 0.1) is 5.92 Å². The molecule has 0 aliphatic carbocycles. The van der Waals surface area contributed by atoms with Crippen LogP contribution < -0.4 is 10.8 Å². The first-order valence-corrected chi connectivity index (χ1v) is 4.13. The summed E-state index contributed by atoms with van der Waals surface area (Å²) in [6.07, 6.45) is 3.76. The van der Waals surface area contributed by atoms with Gasteiger partial charge < -0.3 is 15.6 Å². The highest BCUT2D eigenvalue weighted by molar-refractivity contribution is 5.68. The third kappa shape index (κ3) is 2.83. The normalized spacial score (nSPS) is 12.4. The Balaban J connectivity index is 2.62. The zero-order valence-electron chi connectivity index (χ0n) is 7.27. The van der Waals surface area contributed by atoms with Crippen LogP contribution in [0.15, 0.2) is 24.5 Å². The molecule has 3 N–H and O–H groups in total. The van der Waals surface area contributed by atoms with E-state index in [1.807, 2.05) is 6.07 Å². The molecule has 1 aromatic rings. The molecule has 13 heavy (non-hydrogen) atoms. The Bertz CT molecular complexity index is 274. The van der Waals surface area contributed by atoms with Crippen LogP contribution in [0.3, 0.4) is 0 Å². The molecule has 0 bridgehead atoms. The second kappa shape index (κ2) is 4.57. The third-order valence-corrected chi connectivity index (χ3v) is 1.89. The first kappa shape index (κ1) is 9.67. The largest absolute Gasteiger partial charge is 0.550 e. The van der Waals surface area contributed by atoms with Crippen molar-refractivity contribution >= 4 is 5.97 Å². The lowest BCUT2D eigenvalue weighted by molar-refractivity contribution is -0.387. The van der Waals surface area contributed by atoms with E-state index in [1.165, 1.54) is 0 Å². The molecule has 1 aromatic heterocycles. The van der Waals surface area contributed by atoms with E-state index in [-0.39, 0.29) is 0 Å². The first-order valence-electron chi connectivity index (χ1n) is 4.13. The lowest BCUT2D eigenvalue weighted by atomic mass is 10.0. The van der Waals surface area contributed by atoms with Crippen molar-refractivity contribution < 1.29 is 15.6 Å². The summed E-state index contributed by atoms with van der Waals surface area (Å²) in [5, 5.41) is 10.6. The lowest BCUT2D eigenvalue weighted by Gasteiger charge is -2.12. The van der Waals surface area contributed by atoms with Crippen molar-refractivity contribution in [1.29, 1.82) is 0 Å². The minimum absolute atomic E-state index is 0.344. The molecule has 0 unspecified atom stereocenters. The van der Waals surface area contributed by atoms with Gasteiger partial charge in [-0.2, -0.15) is 0 Å². The van der Waals surface area contributed by atoms with Gasteiger partial charge in [-0.1, -0.05) is 6.07 Å². The van der Waals surface area contributed by atoms with Crippen molar-refractivity contribution in [2.24, 2.45) is 5.92 Å². The SMILES string of the molecule is [NH3+]C[C@@H](Cc1cccnc1)C(=O)[O-]. The summed E-state index contributed by atoms with van der Waals surface area (Å²) in [4.78, 5) is 14.5. The number of carbonyl (C=O) groups excluding carboxylic acids is 1. The van der Waals surface area contributed by atoms with Crippen LogP contribution in [0.1, 0.15) is 5.56 Å². The number of aromatic nitrogens is 1. The van der Waals surface area contributed by atoms with Crippen molar-refractivity contribution in [2.75, 3.05) is 6.54 Å². The van der Waals surface area contributed by atoms with Gasteiger partial charge in [0.1, 0.15) is 0 Å². The number of pyridine rings is 1. The summed E-state index contributed by atoms with van der Waals surface area (Å²) in [5.74, 6) is -1.55. The highest BCUT2D eigenvalue weighted by Crippen LogP contribution is 2.04. The molecule has 0 spiro atoms. The number of aliphatic carboxylic acids is 1. The number of carboxylic acid groups (broad SMARTS) is 1. The van der Waals surface area contributed by atoms with Crippen molar-refractivity contribution in [3.63, 3.8) is 0 Å². The van der Waals surface area contributed by atoms with E-state index in [1.54, 1.807) is 18.5 Å². The van der Waals surface area contributed by atoms with Crippen LogP contribution >= 0.6 is 0 Å². The zero-order chi connectivity index (χ0) is 9.68. The topological polar surface area (TPSA) is 80.7 Å². The van der Waals surface area contributed by atoms with Gasteiger partial charge >= 0.3 is 0 Å². The molecule has 1 heterocycles. The molecular formula is C9H12N2O2. The van der Waals surface area contributed by atoms with Crippen LogP contribution in [0.25, 0.3) is 0 Å². The second-order valence-corrected chi connectivity index (χ2v) is 2.87. The summed E-state index contributed by atoms with van der Waals surface area (Å²) < 4.78 is 0. The fourth-order valence-corrected chi connectivity index (χ4v) is 1.11. The number of hydrogen-bond acceptors (Lipinski definition) is 3. The van der Waals surface area contributed by atoms with Gasteiger partial charge in [0.2, 0.25) is 0 Å². The van der Waals surface area contributed by atoms with Gasteiger partial charge in [-0.25, -0.2) is 0 Å². The molecule has 0 aliphatic rings. The highest BCUT2D eigenvalue weighted by Gasteiger charge is 2.10. The molecule has 0 saturated carbocycles. The maximum atomic E-state index is 10.6. The summed E-state index contributed by atoms with van der Waals surface area (Å²) in [6.45, 7) is 0.344. The molecule has 1 atom stereocenters. The van der Waals surface area contributed by atoms with E-state index in [2.05, 4.69) is 10.7 Å². The quantitative estimate of drug-likeness (QED) is 0.595. The van der Waals surface area contributed by atoms with Gasteiger partial charge in [0.05, 0.1) is 18.4 Å². The van der Waals surface area contributed by atoms with Crippen LogP contribution in [0.2, 0.25) is 0 Å². The maximum Gasteiger partial charge on any atom is 0.0824 e. The van der Waals surface area contributed by atoms with Gasteiger partial charge in [0.25, 0.3) is 0 Å². The van der Waals surface area contributed by atoms with Crippen LogP contribution in [0.5, 0.6) is 0 Å². The van der Waals surface area contributed by atoms with Crippen molar-refractivity contribution in [1.82, 2.24) is 4.98 Å². The van der Waals surface area contributed by atoms with Crippen molar-refractivity contribution in [3.8, 4) is 0 Å². The fraction of sp³-hybridized carbons (Fsp3) is 0.333. The number of nitrogens with zero attached hydrogens (tertiary/aromatic N) is 1. The predicted molar refractivity (Wildman–Crippen MR) is 44.2 cm³/mol. The minimum Gasteiger partial charge on any atom is -0.550 e. The smallest absolute Gasteiger partial charge is 0.0824 e. The van der Waals surface area contributed by atoms with Crippen molar-refractivity contribution in [3.05, 3.63) is 30.1 Å². The number of quaternary nitrogens is 1. The third-order valence-electron chi connectivity index (χ3n) is 1.89. The van der Waals surface area contributed by atoms with E-state index in [4.69, 9.17) is 0 Å². The van der Waals surface area contributed by atoms with E-state index in [0.29, 0.717) is 13.0 Å². The van der Waals surface area contributed by atoms with E-state index in [0.717, 1.165) is 5.56 Å². The van der Waals surface area contributed by atoms with Gasteiger partial charge in [-0.05, 0) is 18.1 Å². The predicted octanol–water partition coefficient (Wildman–Crippen LogP) is -1.77. The Hall–Kier alpha value is -1.42. The molecule has 4 nitrogen and oxygen atoms in total. The molecular weight excluding hydrogens is 168 g/mol. The molecule has 0 fully saturated rings. The van der Waals surface area contributed by atoms with Gasteiger partial charge in [0.15, 0.2) is 0 Å². The lowest BCUT2D eigenvalue weighted by Crippen LogP contribution is -2.57. The molecule has 0 radical (unpaired) electrons. The first-order chi connectivity index (χ1) is 6.24. The highest BCUT2D eigenvalue weighted by atomic mass is 16.4. The van der Waals surface area contributed by atoms with Crippen LogP contribution in [0.4, 0.5) is 0 Å². The average molecular weight is 180 g/mol. The van der Waals surface area contributed by atoms with Gasteiger partial charge in [-0.3, -0.25) is 4.98 Å². The average Bonchev–Trinajstić information content (AvgIpc) is 2.15. The van der Waals surface area contributed by atoms with Gasteiger partial charge in [-0.15, -0.1) is 0 Å². The zero-order valence-corrected chi connectivity index (χ0v) is 7.27. The summed E-state index contributed by atoms with van der Waals surface area (Å²) >= 11 is 0. The molecule has 1 rings (SSSR count). The molecule has 0 amide bonds. The summed E-state index contributed by atoms with van der Waals surface area (Å²) in [6, 6.07) is 3.63. The van der Waals surface area contributed by atoms with Crippen molar-refractivity contribution in [2.45, 2.75) is 6.42 Å². The van der Waals surface area contributed by atoms with E-state index < -0.39 is 11.9 Å². The number of hydrogen-bond donors (Lipinski definition) is 1. The fourth-order valence-electron chi connectivity index (χ4n) is 1.11. The molecule has 0 saturated heterocycles. The van der Waals surface area contributed by atoms with Crippen LogP contribution in [-0.2, 0) is 11.2 Å². The Kier molecular flexibility index (Phi) is 3.40. The Morgan fingerprint density at radius 3 is 2.92 bits per heavy atom. The Labute approximate surface area is 76.4 Å². The molecule has 70 valence electrons. The maximum absolute atomic E-state index is 10.6. The molecule has 0 aliphatic heterocycles. The van der Waals surface area contributed by atoms with Gasteiger partial charge in [0, 0.05) is 12.4 Å². The summed E-state index contributed by atoms with van der Waals surface area (Å²) in [7, 11) is 0. The monoisotopic (exact) mass is 180 g/mol. The standard InChI is InChI=1S/C9H12N2O2/c10-5-8(9(12)13)4-7-2-1-3-11-6-7/h1-3,6,8H,4-5,10H2,(H,12,13)/t8-/m1/s1. The number of rotatable bonds is 4. The Morgan fingerprint density at radius 1 is 1.69 bits per heavy atom. The molecule has 0 aromatic carbocycles. The van der Waals surface area contributed by atoms with Crippen LogP contribution in [-0.4, -0.2) is 17.5 Å². The van der Waals surface area contributed by atoms with E-state index >= 15 is 0 Å². The van der Waals surface area contributed by atoms with E-state index in [9.17, 15) is 9.90 Å². The molecule has 4 heteroatoms. The Morgan fingerprint density at radius 2 is 2.46 bits per heavy atom. The number of carboxylic acids is 1.